The molecule has 0 radical (unpaired) electrons. The van der Waals surface area contributed by atoms with Crippen molar-refractivity contribution in [3.05, 3.63) is 77.2 Å². The summed E-state index contributed by atoms with van der Waals surface area (Å²) >= 11 is 0. The van der Waals surface area contributed by atoms with E-state index in [-0.39, 0.29) is 23.6 Å². The predicted octanol–water partition coefficient (Wildman–Crippen LogP) is 3.21. The number of rotatable bonds is 8. The number of halogens is 1. The highest BCUT2D eigenvalue weighted by Gasteiger charge is 2.24. The first-order chi connectivity index (χ1) is 13.8. The van der Waals surface area contributed by atoms with Crippen LogP contribution in [0.4, 0.5) is 4.39 Å². The van der Waals surface area contributed by atoms with Crippen LogP contribution in [0.25, 0.3) is 6.08 Å². The summed E-state index contributed by atoms with van der Waals surface area (Å²) in [6, 6.07) is 12.8. The second kappa shape index (κ2) is 10.2. The van der Waals surface area contributed by atoms with Crippen LogP contribution in [-0.2, 0) is 9.59 Å². The van der Waals surface area contributed by atoms with E-state index in [1.807, 2.05) is 13.8 Å². The average molecular weight is 398 g/mol. The Labute approximate surface area is 168 Å². The Morgan fingerprint density at radius 3 is 2.24 bits per heavy atom. The second-order valence-corrected chi connectivity index (χ2v) is 6.89. The van der Waals surface area contributed by atoms with Crippen LogP contribution in [0.2, 0.25) is 0 Å². The molecule has 7 heteroatoms. The molecule has 2 amide bonds. The van der Waals surface area contributed by atoms with Gasteiger partial charge in [-0.15, -0.1) is 0 Å². The Bertz CT molecular complexity index is 910. The number of carbonyl (C=O) groups excluding carboxylic acids is 2. The SMILES string of the molecule is CC(C)C[C@@H](NC(=O)/C(=C\c1ccccc1F)NC(=O)c1ccccc1)C(=O)O. The van der Waals surface area contributed by atoms with Crippen molar-refractivity contribution in [2.24, 2.45) is 5.92 Å². The quantitative estimate of drug-likeness (QED) is 0.595. The van der Waals surface area contributed by atoms with E-state index in [2.05, 4.69) is 10.6 Å². The fourth-order valence-corrected chi connectivity index (χ4v) is 2.62. The second-order valence-electron chi connectivity index (χ2n) is 6.89. The van der Waals surface area contributed by atoms with Gasteiger partial charge in [0, 0.05) is 11.1 Å². The molecule has 2 aromatic carbocycles. The predicted molar refractivity (Wildman–Crippen MR) is 107 cm³/mol. The summed E-state index contributed by atoms with van der Waals surface area (Å²) in [6.45, 7) is 3.66. The number of amides is 2. The molecule has 1 atom stereocenters. The highest BCUT2D eigenvalue weighted by atomic mass is 19.1. The zero-order valence-electron chi connectivity index (χ0n) is 16.2. The first-order valence-corrected chi connectivity index (χ1v) is 9.14. The van der Waals surface area contributed by atoms with Crippen LogP contribution in [-0.4, -0.2) is 28.9 Å². The van der Waals surface area contributed by atoms with Crippen molar-refractivity contribution in [3.8, 4) is 0 Å². The normalized spacial score (nSPS) is 12.3. The molecule has 6 nitrogen and oxygen atoms in total. The standard InChI is InChI=1S/C22H23FN2O4/c1-14(2)12-19(22(28)29)25-21(27)18(13-16-10-6-7-11-17(16)23)24-20(26)15-8-4-3-5-9-15/h3-11,13-14,19H,12H2,1-2H3,(H,24,26)(H,25,27)(H,28,29)/b18-13+/t19-/m1/s1. The summed E-state index contributed by atoms with van der Waals surface area (Å²) < 4.78 is 14.1. The molecule has 0 saturated carbocycles. The lowest BCUT2D eigenvalue weighted by Crippen LogP contribution is -2.45. The summed E-state index contributed by atoms with van der Waals surface area (Å²) in [5, 5.41) is 14.2. The first-order valence-electron chi connectivity index (χ1n) is 9.14. The van der Waals surface area contributed by atoms with Crippen LogP contribution in [0.15, 0.2) is 60.3 Å². The Kier molecular flexibility index (Phi) is 7.65. The molecular formula is C22H23FN2O4. The van der Waals surface area contributed by atoms with Crippen molar-refractivity contribution in [1.82, 2.24) is 10.6 Å². The molecule has 0 heterocycles. The van der Waals surface area contributed by atoms with Gasteiger partial charge in [0.2, 0.25) is 0 Å². The van der Waals surface area contributed by atoms with E-state index < -0.39 is 29.6 Å². The lowest BCUT2D eigenvalue weighted by atomic mass is 10.0. The minimum absolute atomic E-state index is 0.0225. The highest BCUT2D eigenvalue weighted by molar-refractivity contribution is 6.06. The van der Waals surface area contributed by atoms with Crippen molar-refractivity contribution < 1.29 is 23.9 Å². The Morgan fingerprint density at radius 1 is 1.03 bits per heavy atom. The summed E-state index contributed by atoms with van der Waals surface area (Å²) in [6.07, 6.45) is 1.39. The fraction of sp³-hybridized carbons (Fsp3) is 0.227. The van der Waals surface area contributed by atoms with Crippen LogP contribution >= 0.6 is 0 Å². The summed E-state index contributed by atoms with van der Waals surface area (Å²) in [7, 11) is 0. The Morgan fingerprint density at radius 2 is 1.66 bits per heavy atom. The summed E-state index contributed by atoms with van der Waals surface area (Å²) in [5.41, 5.74) is 0.136. The molecule has 0 aliphatic heterocycles. The summed E-state index contributed by atoms with van der Waals surface area (Å²) in [5.74, 6) is -3.13. The van der Waals surface area contributed by atoms with Gasteiger partial charge in [-0.25, -0.2) is 9.18 Å². The van der Waals surface area contributed by atoms with Gasteiger partial charge in [0.05, 0.1) is 0 Å². The molecular weight excluding hydrogens is 375 g/mol. The van der Waals surface area contributed by atoms with E-state index in [9.17, 15) is 23.9 Å². The van der Waals surface area contributed by atoms with E-state index in [1.165, 1.54) is 24.3 Å². The maximum atomic E-state index is 14.1. The average Bonchev–Trinajstić information content (AvgIpc) is 2.68. The number of benzene rings is 2. The maximum Gasteiger partial charge on any atom is 0.326 e. The largest absolute Gasteiger partial charge is 0.480 e. The minimum atomic E-state index is -1.19. The molecule has 0 aliphatic rings. The van der Waals surface area contributed by atoms with Gasteiger partial charge in [-0.05, 0) is 36.6 Å². The third-order valence-electron chi connectivity index (χ3n) is 4.04. The fourth-order valence-electron chi connectivity index (χ4n) is 2.62. The number of carbonyl (C=O) groups is 3. The van der Waals surface area contributed by atoms with Gasteiger partial charge < -0.3 is 15.7 Å². The van der Waals surface area contributed by atoms with Crippen LogP contribution in [0.3, 0.4) is 0 Å². The Hall–Kier alpha value is -3.48. The monoisotopic (exact) mass is 398 g/mol. The van der Waals surface area contributed by atoms with Crippen LogP contribution < -0.4 is 10.6 Å². The molecule has 0 bridgehead atoms. The molecule has 3 N–H and O–H groups in total. The van der Waals surface area contributed by atoms with Crippen LogP contribution in [0, 0.1) is 11.7 Å². The zero-order valence-corrected chi connectivity index (χ0v) is 16.2. The molecule has 0 aromatic heterocycles. The van der Waals surface area contributed by atoms with Gasteiger partial charge in [-0.3, -0.25) is 9.59 Å². The molecule has 2 rings (SSSR count). The third-order valence-corrected chi connectivity index (χ3v) is 4.04. The lowest BCUT2D eigenvalue weighted by molar-refractivity contribution is -0.141. The third kappa shape index (κ3) is 6.57. The van der Waals surface area contributed by atoms with E-state index >= 15 is 0 Å². The van der Waals surface area contributed by atoms with Crippen molar-refractivity contribution in [2.75, 3.05) is 0 Å². The minimum Gasteiger partial charge on any atom is -0.480 e. The van der Waals surface area contributed by atoms with Gasteiger partial charge in [-0.2, -0.15) is 0 Å². The summed E-state index contributed by atoms with van der Waals surface area (Å²) in [4.78, 5) is 36.7. The number of carboxylic acid groups (broad SMARTS) is 1. The molecule has 0 unspecified atom stereocenters. The van der Waals surface area contributed by atoms with Crippen molar-refractivity contribution in [2.45, 2.75) is 26.3 Å². The van der Waals surface area contributed by atoms with Crippen molar-refractivity contribution >= 4 is 23.9 Å². The number of carboxylic acids is 1. The van der Waals surface area contributed by atoms with Gasteiger partial charge in [0.25, 0.3) is 11.8 Å². The van der Waals surface area contributed by atoms with Gasteiger partial charge in [0.15, 0.2) is 0 Å². The molecule has 0 aliphatic carbocycles. The number of nitrogens with one attached hydrogen (secondary N) is 2. The molecule has 0 fully saturated rings. The van der Waals surface area contributed by atoms with E-state index in [0.717, 1.165) is 0 Å². The Balaban J connectivity index is 2.33. The van der Waals surface area contributed by atoms with Crippen LogP contribution in [0.1, 0.15) is 36.2 Å². The molecule has 2 aromatic rings. The highest BCUT2D eigenvalue weighted by Crippen LogP contribution is 2.12. The topological polar surface area (TPSA) is 95.5 Å². The number of hydrogen-bond donors (Lipinski definition) is 3. The molecule has 152 valence electrons. The van der Waals surface area contributed by atoms with Gasteiger partial charge >= 0.3 is 5.97 Å². The first kappa shape index (κ1) is 21.8. The lowest BCUT2D eigenvalue weighted by Gasteiger charge is -2.18. The molecule has 0 saturated heterocycles. The van der Waals surface area contributed by atoms with E-state index in [1.54, 1.807) is 36.4 Å². The zero-order chi connectivity index (χ0) is 21.4. The molecule has 0 spiro atoms. The molecule has 29 heavy (non-hydrogen) atoms. The maximum absolute atomic E-state index is 14.1. The number of aliphatic carboxylic acids is 1. The van der Waals surface area contributed by atoms with Crippen LogP contribution in [0.5, 0.6) is 0 Å². The van der Waals surface area contributed by atoms with E-state index in [0.29, 0.717) is 5.56 Å². The van der Waals surface area contributed by atoms with Crippen molar-refractivity contribution in [3.63, 3.8) is 0 Å². The van der Waals surface area contributed by atoms with Gasteiger partial charge in [-0.1, -0.05) is 50.2 Å². The van der Waals surface area contributed by atoms with Gasteiger partial charge in [0.1, 0.15) is 17.6 Å². The smallest absolute Gasteiger partial charge is 0.326 e. The van der Waals surface area contributed by atoms with Crippen molar-refractivity contribution in [1.29, 1.82) is 0 Å². The number of hydrogen-bond acceptors (Lipinski definition) is 3. The van der Waals surface area contributed by atoms with E-state index in [4.69, 9.17) is 0 Å².